The molecular formula is C30H31N3O2. The lowest BCUT2D eigenvalue weighted by atomic mass is 9.95. The molecule has 0 fully saturated rings. The van der Waals surface area contributed by atoms with Crippen LogP contribution < -0.4 is 4.74 Å². The Morgan fingerprint density at radius 3 is 2.34 bits per heavy atom. The molecule has 0 unspecified atom stereocenters. The number of hydrogen-bond acceptors (Lipinski definition) is 3. The number of rotatable bonds is 8. The summed E-state index contributed by atoms with van der Waals surface area (Å²) in [4.78, 5) is 15.8. The van der Waals surface area contributed by atoms with Gasteiger partial charge in [-0.05, 0) is 43.0 Å². The van der Waals surface area contributed by atoms with Crippen molar-refractivity contribution in [2.45, 2.75) is 32.7 Å². The van der Waals surface area contributed by atoms with Gasteiger partial charge in [-0.15, -0.1) is 0 Å². The number of nitrogens with zero attached hydrogens (tertiary/aromatic N) is 3. The predicted molar refractivity (Wildman–Crippen MR) is 139 cm³/mol. The lowest BCUT2D eigenvalue weighted by Crippen LogP contribution is -2.32. The standard InChI is InChI=1S/C30H31N3O2/c1-4-20-35-25-16-14-24(15-17-25)28-26-27(23-12-10-21(2)11-13-23)31-32(3)29(26)30(34)33(28)19-18-22-8-6-5-7-9-22/h5-17,28H,4,18-20H2,1-3H3/t28-/m1/s1. The topological polar surface area (TPSA) is 47.4 Å². The predicted octanol–water partition coefficient (Wildman–Crippen LogP) is 5.97. The Balaban J connectivity index is 1.57. The van der Waals surface area contributed by atoms with Crippen LogP contribution >= 0.6 is 0 Å². The molecule has 1 amide bonds. The number of benzene rings is 3. The van der Waals surface area contributed by atoms with Crippen molar-refractivity contribution >= 4 is 5.91 Å². The van der Waals surface area contributed by atoms with Crippen molar-refractivity contribution in [1.82, 2.24) is 14.7 Å². The Labute approximate surface area is 207 Å². The van der Waals surface area contributed by atoms with Gasteiger partial charge in [-0.1, -0.05) is 79.2 Å². The lowest BCUT2D eigenvalue weighted by molar-refractivity contribution is 0.0742. The summed E-state index contributed by atoms with van der Waals surface area (Å²) < 4.78 is 7.56. The molecule has 5 nitrogen and oxygen atoms in total. The molecule has 1 atom stereocenters. The molecule has 0 aliphatic carbocycles. The average molecular weight is 466 g/mol. The molecule has 4 aromatic rings. The molecule has 1 aliphatic rings. The fourth-order valence-corrected chi connectivity index (χ4v) is 4.82. The monoisotopic (exact) mass is 465 g/mol. The van der Waals surface area contributed by atoms with Crippen LogP contribution in [0.4, 0.5) is 0 Å². The molecule has 1 aliphatic heterocycles. The Morgan fingerprint density at radius 2 is 1.66 bits per heavy atom. The Bertz CT molecular complexity index is 1310. The van der Waals surface area contributed by atoms with E-state index in [2.05, 4.69) is 62.4 Å². The van der Waals surface area contributed by atoms with Gasteiger partial charge in [-0.2, -0.15) is 5.10 Å². The number of fused-ring (bicyclic) bond motifs is 1. The van der Waals surface area contributed by atoms with Crippen LogP contribution in [0.1, 0.15) is 52.1 Å². The second-order valence-electron chi connectivity index (χ2n) is 9.15. The maximum Gasteiger partial charge on any atom is 0.273 e. The highest BCUT2D eigenvalue weighted by Crippen LogP contribution is 2.44. The summed E-state index contributed by atoms with van der Waals surface area (Å²) in [5.74, 6) is 0.876. The summed E-state index contributed by atoms with van der Waals surface area (Å²) in [5.41, 5.74) is 7.03. The van der Waals surface area contributed by atoms with Crippen LogP contribution in [-0.4, -0.2) is 33.7 Å². The zero-order valence-electron chi connectivity index (χ0n) is 20.6. The summed E-state index contributed by atoms with van der Waals surface area (Å²) in [6, 6.07) is 26.7. The molecule has 0 saturated heterocycles. The highest BCUT2D eigenvalue weighted by Gasteiger charge is 2.43. The van der Waals surface area contributed by atoms with Crippen LogP contribution in [0.5, 0.6) is 5.75 Å². The van der Waals surface area contributed by atoms with E-state index in [4.69, 9.17) is 9.84 Å². The molecule has 0 spiro atoms. The SMILES string of the molecule is CCCOc1ccc([C@@H]2c3c(-c4ccc(C)cc4)nn(C)c3C(=O)N2CCc2ccccc2)cc1. The van der Waals surface area contributed by atoms with Gasteiger partial charge in [0.2, 0.25) is 0 Å². The molecule has 3 aromatic carbocycles. The molecule has 0 saturated carbocycles. The van der Waals surface area contributed by atoms with Crippen LogP contribution in [0.15, 0.2) is 78.9 Å². The first kappa shape index (κ1) is 22.9. The van der Waals surface area contributed by atoms with Crippen molar-refractivity contribution < 1.29 is 9.53 Å². The van der Waals surface area contributed by atoms with E-state index in [0.29, 0.717) is 18.8 Å². The van der Waals surface area contributed by atoms with Crippen LogP contribution in [0.2, 0.25) is 0 Å². The molecule has 1 aromatic heterocycles. The quantitative estimate of drug-likeness (QED) is 0.322. The Hall–Kier alpha value is -3.86. The number of amides is 1. The summed E-state index contributed by atoms with van der Waals surface area (Å²) in [5, 5.41) is 4.81. The first-order chi connectivity index (χ1) is 17.1. The molecule has 0 radical (unpaired) electrons. The van der Waals surface area contributed by atoms with Crippen molar-refractivity contribution in [2.24, 2.45) is 7.05 Å². The summed E-state index contributed by atoms with van der Waals surface area (Å²) in [6.07, 6.45) is 1.76. The molecule has 5 heteroatoms. The van der Waals surface area contributed by atoms with Crippen LogP contribution in [-0.2, 0) is 13.5 Å². The second kappa shape index (κ2) is 9.79. The first-order valence-electron chi connectivity index (χ1n) is 12.3. The number of aryl methyl sites for hydroxylation is 2. The molecule has 2 heterocycles. The summed E-state index contributed by atoms with van der Waals surface area (Å²) >= 11 is 0. The van der Waals surface area contributed by atoms with Gasteiger partial charge in [0.25, 0.3) is 5.91 Å². The molecule has 5 rings (SSSR count). The third kappa shape index (κ3) is 4.46. The molecule has 0 N–H and O–H groups in total. The minimum atomic E-state index is -0.202. The van der Waals surface area contributed by atoms with E-state index >= 15 is 0 Å². The van der Waals surface area contributed by atoms with Crippen molar-refractivity contribution in [1.29, 1.82) is 0 Å². The van der Waals surface area contributed by atoms with Crippen LogP contribution in [0.25, 0.3) is 11.3 Å². The smallest absolute Gasteiger partial charge is 0.273 e. The Morgan fingerprint density at radius 1 is 0.943 bits per heavy atom. The van der Waals surface area contributed by atoms with E-state index in [1.54, 1.807) is 4.68 Å². The number of aromatic nitrogens is 2. The lowest BCUT2D eigenvalue weighted by Gasteiger charge is -2.27. The van der Waals surface area contributed by atoms with Gasteiger partial charge in [0.1, 0.15) is 11.4 Å². The first-order valence-corrected chi connectivity index (χ1v) is 12.3. The number of ether oxygens (including phenoxy) is 1. The second-order valence-corrected chi connectivity index (χ2v) is 9.15. The average Bonchev–Trinajstić information content (AvgIpc) is 3.37. The maximum absolute atomic E-state index is 13.8. The van der Waals surface area contributed by atoms with Crippen LogP contribution in [0, 0.1) is 6.92 Å². The number of carbonyl (C=O) groups excluding carboxylic acids is 1. The zero-order valence-corrected chi connectivity index (χ0v) is 20.6. The van der Waals surface area contributed by atoms with Gasteiger partial charge in [-0.25, -0.2) is 0 Å². The summed E-state index contributed by atoms with van der Waals surface area (Å²) in [7, 11) is 1.87. The largest absolute Gasteiger partial charge is 0.494 e. The Kier molecular flexibility index (Phi) is 6.41. The van der Waals surface area contributed by atoms with Crippen molar-refractivity contribution in [3.05, 3.63) is 107 Å². The van der Waals surface area contributed by atoms with E-state index in [1.165, 1.54) is 11.1 Å². The fourth-order valence-electron chi connectivity index (χ4n) is 4.82. The van der Waals surface area contributed by atoms with Gasteiger partial charge in [0.15, 0.2) is 0 Å². The maximum atomic E-state index is 13.8. The van der Waals surface area contributed by atoms with Gasteiger partial charge in [-0.3, -0.25) is 9.48 Å². The number of hydrogen-bond donors (Lipinski definition) is 0. The molecule has 35 heavy (non-hydrogen) atoms. The summed E-state index contributed by atoms with van der Waals surface area (Å²) in [6.45, 7) is 5.49. The van der Waals surface area contributed by atoms with E-state index in [-0.39, 0.29) is 11.9 Å². The minimum absolute atomic E-state index is 0.0283. The minimum Gasteiger partial charge on any atom is -0.494 e. The van der Waals surface area contributed by atoms with Crippen LogP contribution in [0.3, 0.4) is 0 Å². The van der Waals surface area contributed by atoms with Gasteiger partial charge in [0, 0.05) is 24.7 Å². The van der Waals surface area contributed by atoms with Crippen molar-refractivity contribution in [2.75, 3.05) is 13.2 Å². The van der Waals surface area contributed by atoms with E-state index in [9.17, 15) is 4.79 Å². The molecule has 178 valence electrons. The van der Waals surface area contributed by atoms with E-state index < -0.39 is 0 Å². The molecular weight excluding hydrogens is 434 g/mol. The highest BCUT2D eigenvalue weighted by atomic mass is 16.5. The fraction of sp³-hybridized carbons (Fsp3) is 0.267. The third-order valence-corrected chi connectivity index (χ3v) is 6.61. The van der Waals surface area contributed by atoms with Gasteiger partial charge in [0.05, 0.1) is 18.3 Å². The van der Waals surface area contributed by atoms with Crippen molar-refractivity contribution in [3.63, 3.8) is 0 Å². The zero-order chi connectivity index (χ0) is 24.4. The number of carbonyl (C=O) groups is 1. The van der Waals surface area contributed by atoms with E-state index in [1.807, 2.05) is 42.3 Å². The van der Waals surface area contributed by atoms with E-state index in [0.717, 1.165) is 41.0 Å². The van der Waals surface area contributed by atoms with Gasteiger partial charge >= 0.3 is 0 Å². The highest BCUT2D eigenvalue weighted by molar-refractivity contribution is 6.00. The van der Waals surface area contributed by atoms with Gasteiger partial charge < -0.3 is 9.64 Å². The normalized spacial score (nSPS) is 14.9. The van der Waals surface area contributed by atoms with Crippen molar-refractivity contribution in [3.8, 4) is 17.0 Å². The third-order valence-electron chi connectivity index (χ3n) is 6.61. The molecule has 0 bridgehead atoms.